The minimum absolute atomic E-state index is 0.00518. The quantitative estimate of drug-likeness (QED) is 0.279. The zero-order valence-electron chi connectivity index (χ0n) is 21.0. The second kappa shape index (κ2) is 10.5. The van der Waals surface area contributed by atoms with Gasteiger partial charge in [0.25, 0.3) is 0 Å². The van der Waals surface area contributed by atoms with Crippen LogP contribution in [0.3, 0.4) is 0 Å². The summed E-state index contributed by atoms with van der Waals surface area (Å²) in [6.07, 6.45) is 0. The number of hydrogen-bond acceptors (Lipinski definition) is 10. The van der Waals surface area contributed by atoms with Gasteiger partial charge in [0, 0.05) is 17.7 Å². The summed E-state index contributed by atoms with van der Waals surface area (Å²) in [5.74, 6) is -1.14. The summed E-state index contributed by atoms with van der Waals surface area (Å²) in [5.41, 5.74) is -0.751. The summed E-state index contributed by atoms with van der Waals surface area (Å²) in [4.78, 5) is 13.0. The van der Waals surface area contributed by atoms with Gasteiger partial charge in [-0.25, -0.2) is 4.39 Å². The number of fused-ring (bicyclic) bond motifs is 1. The van der Waals surface area contributed by atoms with Gasteiger partial charge < -0.3 is 32.3 Å². The third kappa shape index (κ3) is 4.65. The summed E-state index contributed by atoms with van der Waals surface area (Å²) in [6, 6.07) is 10.3. The van der Waals surface area contributed by atoms with E-state index in [0.717, 1.165) is 12.1 Å². The molecule has 38 heavy (non-hydrogen) atoms. The Morgan fingerprint density at radius 1 is 0.763 bits per heavy atom. The van der Waals surface area contributed by atoms with Crippen molar-refractivity contribution in [2.24, 2.45) is 0 Å². The molecule has 0 N–H and O–H groups in total. The average molecular weight is 547 g/mol. The van der Waals surface area contributed by atoms with E-state index < -0.39 is 32.0 Å². The van der Waals surface area contributed by atoms with Crippen molar-refractivity contribution in [3.8, 4) is 45.8 Å². The molecule has 4 rings (SSSR count). The summed E-state index contributed by atoms with van der Waals surface area (Å²) in [6.45, 7) is 0. The third-order valence-electron chi connectivity index (χ3n) is 5.57. The van der Waals surface area contributed by atoms with Crippen molar-refractivity contribution < 1.29 is 45.1 Å². The van der Waals surface area contributed by atoms with Crippen LogP contribution in [-0.4, -0.2) is 44.0 Å². The van der Waals surface area contributed by atoms with Gasteiger partial charge in [-0.05, 0) is 24.3 Å². The molecule has 0 bridgehead atoms. The Morgan fingerprint density at radius 3 is 1.95 bits per heavy atom. The highest BCUT2D eigenvalue weighted by molar-refractivity contribution is 7.87. The standard InChI is InChI=1S/C26H23FO10S/c1-31-15-12-17(32-2)22-18(13-15)36-24(14-10-19(33-3)25(35-5)20(11-14)34-4)26(23(22)28)37-38(29,30)21-9-7-6-8-16(21)27/h6-13H,1-5H3. The molecule has 0 fully saturated rings. The fourth-order valence-electron chi connectivity index (χ4n) is 3.80. The van der Waals surface area contributed by atoms with E-state index in [9.17, 15) is 17.6 Å². The Balaban J connectivity index is 2.09. The first-order valence-corrected chi connectivity index (χ1v) is 12.3. The second-order valence-corrected chi connectivity index (χ2v) is 9.19. The number of hydrogen-bond donors (Lipinski definition) is 0. The molecular weight excluding hydrogens is 523 g/mol. The van der Waals surface area contributed by atoms with Crippen molar-refractivity contribution in [2.75, 3.05) is 35.5 Å². The van der Waals surface area contributed by atoms with E-state index in [2.05, 4.69) is 0 Å². The van der Waals surface area contributed by atoms with Crippen LogP contribution in [0.1, 0.15) is 0 Å². The highest BCUT2D eigenvalue weighted by Crippen LogP contribution is 2.44. The topological polar surface area (TPSA) is 120 Å². The molecule has 12 heteroatoms. The van der Waals surface area contributed by atoms with Crippen molar-refractivity contribution in [1.82, 2.24) is 0 Å². The predicted molar refractivity (Wildman–Crippen MR) is 135 cm³/mol. The minimum atomic E-state index is -4.83. The number of ether oxygens (including phenoxy) is 5. The second-order valence-electron chi connectivity index (χ2n) is 7.67. The lowest BCUT2D eigenvalue weighted by atomic mass is 10.1. The first kappa shape index (κ1) is 26.6. The van der Waals surface area contributed by atoms with Crippen LogP contribution < -0.4 is 33.3 Å². The monoisotopic (exact) mass is 546 g/mol. The van der Waals surface area contributed by atoms with Crippen molar-refractivity contribution in [3.05, 3.63) is 64.6 Å². The highest BCUT2D eigenvalue weighted by atomic mass is 32.2. The van der Waals surface area contributed by atoms with Gasteiger partial charge in [0.2, 0.25) is 16.9 Å². The van der Waals surface area contributed by atoms with Crippen molar-refractivity contribution in [2.45, 2.75) is 4.90 Å². The van der Waals surface area contributed by atoms with E-state index in [1.54, 1.807) is 0 Å². The predicted octanol–water partition coefficient (Wildman–Crippen LogP) is 4.41. The lowest BCUT2D eigenvalue weighted by Crippen LogP contribution is -2.18. The lowest BCUT2D eigenvalue weighted by Gasteiger charge is -2.16. The fourth-order valence-corrected chi connectivity index (χ4v) is 4.81. The zero-order chi connectivity index (χ0) is 27.6. The van der Waals surface area contributed by atoms with Gasteiger partial charge in [0.1, 0.15) is 33.2 Å². The van der Waals surface area contributed by atoms with Crippen molar-refractivity contribution >= 4 is 21.1 Å². The molecule has 4 aromatic rings. The molecule has 1 aromatic heterocycles. The van der Waals surface area contributed by atoms with Gasteiger partial charge in [0.05, 0.1) is 35.5 Å². The molecular formula is C26H23FO10S. The maximum atomic E-state index is 14.4. The average Bonchev–Trinajstić information content (AvgIpc) is 2.92. The molecule has 0 amide bonds. The van der Waals surface area contributed by atoms with Crippen molar-refractivity contribution in [1.29, 1.82) is 0 Å². The van der Waals surface area contributed by atoms with E-state index in [-0.39, 0.29) is 45.3 Å². The Kier molecular flexibility index (Phi) is 7.35. The van der Waals surface area contributed by atoms with Gasteiger partial charge in [0.15, 0.2) is 17.3 Å². The summed E-state index contributed by atoms with van der Waals surface area (Å²) in [5, 5.41) is -0.122. The maximum Gasteiger partial charge on any atom is 0.342 e. The molecule has 0 atom stereocenters. The summed E-state index contributed by atoms with van der Waals surface area (Å²) >= 11 is 0. The largest absolute Gasteiger partial charge is 0.496 e. The molecule has 0 unspecified atom stereocenters. The number of methoxy groups -OCH3 is 5. The van der Waals surface area contributed by atoms with Crippen LogP contribution in [0.2, 0.25) is 0 Å². The van der Waals surface area contributed by atoms with E-state index in [1.165, 1.54) is 71.9 Å². The molecule has 3 aromatic carbocycles. The number of rotatable bonds is 9. The van der Waals surface area contributed by atoms with Gasteiger partial charge >= 0.3 is 10.1 Å². The van der Waals surface area contributed by atoms with Gasteiger partial charge in [-0.1, -0.05) is 12.1 Å². The third-order valence-corrected chi connectivity index (χ3v) is 6.83. The first-order chi connectivity index (χ1) is 18.2. The SMILES string of the molecule is COc1cc(OC)c2c(=O)c(OS(=O)(=O)c3ccccc3F)c(-c3cc(OC)c(OC)c(OC)c3)oc2c1. The smallest absolute Gasteiger partial charge is 0.342 e. The molecule has 0 radical (unpaired) electrons. The minimum Gasteiger partial charge on any atom is -0.496 e. The van der Waals surface area contributed by atoms with Gasteiger partial charge in [-0.2, -0.15) is 8.42 Å². The number of halogens is 1. The molecule has 0 aliphatic heterocycles. The Labute approximate surface area is 217 Å². The molecule has 0 saturated heterocycles. The Hall–Kier alpha value is -4.45. The first-order valence-electron chi connectivity index (χ1n) is 10.9. The maximum absolute atomic E-state index is 14.4. The van der Waals surface area contributed by atoms with Crippen LogP contribution in [0.15, 0.2) is 62.6 Å². The molecule has 10 nitrogen and oxygen atoms in total. The van der Waals surface area contributed by atoms with E-state index in [1.807, 2.05) is 0 Å². The number of benzene rings is 3. The van der Waals surface area contributed by atoms with Crippen LogP contribution >= 0.6 is 0 Å². The van der Waals surface area contributed by atoms with Gasteiger partial charge in [-0.3, -0.25) is 4.79 Å². The molecule has 1 heterocycles. The van der Waals surface area contributed by atoms with E-state index in [4.69, 9.17) is 32.3 Å². The molecule has 0 aliphatic rings. The van der Waals surface area contributed by atoms with Crippen LogP contribution in [0.5, 0.6) is 34.5 Å². The van der Waals surface area contributed by atoms with Crippen LogP contribution in [-0.2, 0) is 10.1 Å². The summed E-state index contributed by atoms with van der Waals surface area (Å²) in [7, 11) is 2.07. The van der Waals surface area contributed by atoms with Crippen LogP contribution in [0.4, 0.5) is 4.39 Å². The lowest BCUT2D eigenvalue weighted by molar-refractivity contribution is 0.324. The molecule has 0 spiro atoms. The molecule has 0 aliphatic carbocycles. The fraction of sp³-hybridized carbons (Fsp3) is 0.192. The van der Waals surface area contributed by atoms with Crippen LogP contribution in [0.25, 0.3) is 22.3 Å². The summed E-state index contributed by atoms with van der Waals surface area (Å²) < 4.78 is 78.7. The van der Waals surface area contributed by atoms with Gasteiger partial charge in [-0.15, -0.1) is 0 Å². The highest BCUT2D eigenvalue weighted by Gasteiger charge is 2.29. The van der Waals surface area contributed by atoms with E-state index >= 15 is 0 Å². The molecule has 0 saturated carbocycles. The van der Waals surface area contributed by atoms with Crippen molar-refractivity contribution in [3.63, 3.8) is 0 Å². The Morgan fingerprint density at radius 2 is 1.39 bits per heavy atom. The Bertz CT molecular complexity index is 1650. The zero-order valence-corrected chi connectivity index (χ0v) is 21.8. The molecule has 200 valence electrons. The normalized spacial score (nSPS) is 11.2. The van der Waals surface area contributed by atoms with E-state index in [0.29, 0.717) is 5.75 Å². The van der Waals surface area contributed by atoms with Crippen LogP contribution in [0, 0.1) is 5.82 Å².